The molecule has 20 heavy (non-hydrogen) atoms. The van der Waals surface area contributed by atoms with E-state index in [1.807, 2.05) is 13.8 Å². The standard InChI is InChI=1S/C12H16ClN3O3S/c1-7(2)11-14-5-9(13)10(16-11)12(17)15-8-3-4-20(18,19)6-8/h5,7-8H,3-4,6H2,1-2H3,(H,15,17). The van der Waals surface area contributed by atoms with Crippen molar-refractivity contribution < 1.29 is 13.2 Å². The molecule has 1 unspecified atom stereocenters. The van der Waals surface area contributed by atoms with Crippen molar-refractivity contribution >= 4 is 27.3 Å². The fourth-order valence-corrected chi connectivity index (χ4v) is 3.83. The van der Waals surface area contributed by atoms with E-state index in [2.05, 4.69) is 15.3 Å². The van der Waals surface area contributed by atoms with Gasteiger partial charge in [0, 0.05) is 12.0 Å². The summed E-state index contributed by atoms with van der Waals surface area (Å²) >= 11 is 5.93. The lowest BCUT2D eigenvalue weighted by Gasteiger charge is -2.12. The minimum Gasteiger partial charge on any atom is -0.347 e. The fraction of sp³-hybridized carbons (Fsp3) is 0.583. The molecule has 1 aliphatic heterocycles. The van der Waals surface area contributed by atoms with Crippen molar-refractivity contribution in [2.75, 3.05) is 11.5 Å². The van der Waals surface area contributed by atoms with Crippen molar-refractivity contribution in [1.82, 2.24) is 15.3 Å². The lowest BCUT2D eigenvalue weighted by Crippen LogP contribution is -2.36. The highest BCUT2D eigenvalue weighted by Gasteiger charge is 2.30. The van der Waals surface area contributed by atoms with Gasteiger partial charge in [0.1, 0.15) is 11.5 Å². The molecule has 1 atom stereocenters. The number of aromatic nitrogens is 2. The second-order valence-corrected chi connectivity index (χ2v) is 7.79. The Labute approximate surface area is 122 Å². The molecule has 1 amide bonds. The number of nitrogens with zero attached hydrogens (tertiary/aromatic N) is 2. The molecular formula is C12H16ClN3O3S. The number of rotatable bonds is 3. The van der Waals surface area contributed by atoms with Crippen LogP contribution in [-0.2, 0) is 9.84 Å². The summed E-state index contributed by atoms with van der Waals surface area (Å²) < 4.78 is 22.7. The molecule has 6 nitrogen and oxygen atoms in total. The monoisotopic (exact) mass is 317 g/mol. The first-order chi connectivity index (χ1) is 9.28. The highest BCUT2D eigenvalue weighted by Crippen LogP contribution is 2.17. The van der Waals surface area contributed by atoms with Gasteiger partial charge in [0.25, 0.3) is 5.91 Å². The third-order valence-corrected chi connectivity index (χ3v) is 5.11. The van der Waals surface area contributed by atoms with Gasteiger partial charge in [-0.1, -0.05) is 25.4 Å². The van der Waals surface area contributed by atoms with Crippen LogP contribution in [0.4, 0.5) is 0 Å². The number of carbonyl (C=O) groups is 1. The van der Waals surface area contributed by atoms with Crippen molar-refractivity contribution in [3.8, 4) is 0 Å². The minimum absolute atomic E-state index is 0.0293. The first kappa shape index (κ1) is 15.2. The number of halogens is 1. The van der Waals surface area contributed by atoms with E-state index in [1.54, 1.807) is 0 Å². The molecule has 8 heteroatoms. The number of hydrogen-bond acceptors (Lipinski definition) is 5. The molecule has 0 spiro atoms. The van der Waals surface area contributed by atoms with Crippen LogP contribution in [-0.4, -0.2) is 41.8 Å². The number of carbonyl (C=O) groups excluding carboxylic acids is 1. The van der Waals surface area contributed by atoms with Crippen LogP contribution in [0.1, 0.15) is 42.5 Å². The third-order valence-electron chi connectivity index (χ3n) is 3.06. The maximum Gasteiger partial charge on any atom is 0.271 e. The molecular weight excluding hydrogens is 302 g/mol. The van der Waals surface area contributed by atoms with E-state index in [1.165, 1.54) is 6.20 Å². The zero-order chi connectivity index (χ0) is 14.9. The minimum atomic E-state index is -3.04. The molecule has 0 bridgehead atoms. The smallest absolute Gasteiger partial charge is 0.271 e. The van der Waals surface area contributed by atoms with Crippen LogP contribution in [0.3, 0.4) is 0 Å². The van der Waals surface area contributed by atoms with Crippen molar-refractivity contribution in [3.05, 3.63) is 22.7 Å². The predicted molar refractivity (Wildman–Crippen MR) is 75.7 cm³/mol. The Morgan fingerprint density at radius 1 is 1.50 bits per heavy atom. The zero-order valence-electron chi connectivity index (χ0n) is 11.3. The molecule has 1 N–H and O–H groups in total. The Balaban J connectivity index is 2.15. The summed E-state index contributed by atoms with van der Waals surface area (Å²) in [5.41, 5.74) is 0.0923. The second-order valence-electron chi connectivity index (χ2n) is 5.15. The molecule has 0 radical (unpaired) electrons. The average Bonchev–Trinajstić information content (AvgIpc) is 2.68. The summed E-state index contributed by atoms with van der Waals surface area (Å²) in [5, 5.41) is 2.82. The van der Waals surface area contributed by atoms with E-state index >= 15 is 0 Å². The summed E-state index contributed by atoms with van der Waals surface area (Å²) in [4.78, 5) is 20.3. The fourth-order valence-electron chi connectivity index (χ4n) is 1.98. The van der Waals surface area contributed by atoms with Gasteiger partial charge in [0.2, 0.25) is 0 Å². The average molecular weight is 318 g/mol. The highest BCUT2D eigenvalue weighted by atomic mass is 35.5. The number of nitrogens with one attached hydrogen (secondary N) is 1. The van der Waals surface area contributed by atoms with E-state index in [9.17, 15) is 13.2 Å². The van der Waals surface area contributed by atoms with Crippen LogP contribution in [0, 0.1) is 0 Å². The first-order valence-electron chi connectivity index (χ1n) is 6.32. The van der Waals surface area contributed by atoms with E-state index in [-0.39, 0.29) is 34.2 Å². The van der Waals surface area contributed by atoms with Gasteiger partial charge < -0.3 is 5.32 Å². The molecule has 2 heterocycles. The molecule has 1 aliphatic rings. The third kappa shape index (κ3) is 3.46. The number of amides is 1. The van der Waals surface area contributed by atoms with Gasteiger partial charge in [-0.3, -0.25) is 4.79 Å². The van der Waals surface area contributed by atoms with Crippen molar-refractivity contribution in [1.29, 1.82) is 0 Å². The lowest BCUT2D eigenvalue weighted by atomic mass is 10.2. The molecule has 2 rings (SSSR count). The highest BCUT2D eigenvalue weighted by molar-refractivity contribution is 7.91. The molecule has 0 saturated carbocycles. The van der Waals surface area contributed by atoms with Gasteiger partial charge in [-0.2, -0.15) is 0 Å². The first-order valence-corrected chi connectivity index (χ1v) is 8.52. The Bertz CT molecular complexity index is 631. The van der Waals surface area contributed by atoms with Crippen molar-refractivity contribution in [3.63, 3.8) is 0 Å². The lowest BCUT2D eigenvalue weighted by molar-refractivity contribution is 0.0935. The van der Waals surface area contributed by atoms with Gasteiger partial charge in [0.05, 0.1) is 22.7 Å². The van der Waals surface area contributed by atoms with Crippen molar-refractivity contribution in [2.45, 2.75) is 32.2 Å². The van der Waals surface area contributed by atoms with Gasteiger partial charge in [0.15, 0.2) is 9.84 Å². The summed E-state index contributed by atoms with van der Waals surface area (Å²) in [5.74, 6) is 0.219. The van der Waals surface area contributed by atoms with E-state index in [4.69, 9.17) is 11.6 Å². The van der Waals surface area contributed by atoms with Crippen LogP contribution >= 0.6 is 11.6 Å². The van der Waals surface area contributed by atoms with Crippen LogP contribution < -0.4 is 5.32 Å². The number of sulfone groups is 1. The summed E-state index contributed by atoms with van der Waals surface area (Å²) in [7, 11) is -3.04. The van der Waals surface area contributed by atoms with Gasteiger partial charge in [-0.15, -0.1) is 0 Å². The maximum absolute atomic E-state index is 12.1. The van der Waals surface area contributed by atoms with Crippen LogP contribution in [0.25, 0.3) is 0 Å². The Kier molecular flexibility index (Phi) is 4.29. The van der Waals surface area contributed by atoms with E-state index in [0.717, 1.165) is 0 Å². The Morgan fingerprint density at radius 2 is 2.20 bits per heavy atom. The van der Waals surface area contributed by atoms with E-state index < -0.39 is 15.7 Å². The van der Waals surface area contributed by atoms with Gasteiger partial charge in [-0.25, -0.2) is 18.4 Å². The van der Waals surface area contributed by atoms with Crippen LogP contribution in [0.2, 0.25) is 5.02 Å². The number of hydrogen-bond donors (Lipinski definition) is 1. The summed E-state index contributed by atoms with van der Waals surface area (Å²) in [6, 6.07) is -0.374. The molecule has 1 aromatic rings. The molecule has 0 aromatic carbocycles. The molecule has 110 valence electrons. The predicted octanol–water partition coefficient (Wildman–Crippen LogP) is 1.17. The quantitative estimate of drug-likeness (QED) is 0.904. The zero-order valence-corrected chi connectivity index (χ0v) is 12.8. The summed E-state index contributed by atoms with van der Waals surface area (Å²) in [6.07, 6.45) is 1.82. The Hall–Kier alpha value is -1.21. The molecule has 1 saturated heterocycles. The van der Waals surface area contributed by atoms with Crippen LogP contribution in [0.5, 0.6) is 0 Å². The summed E-state index contributed by atoms with van der Waals surface area (Å²) in [6.45, 7) is 3.82. The maximum atomic E-state index is 12.1. The topological polar surface area (TPSA) is 89.0 Å². The Morgan fingerprint density at radius 3 is 2.75 bits per heavy atom. The van der Waals surface area contributed by atoms with Crippen molar-refractivity contribution in [2.24, 2.45) is 0 Å². The molecule has 1 aromatic heterocycles. The van der Waals surface area contributed by atoms with Gasteiger partial charge in [-0.05, 0) is 6.42 Å². The van der Waals surface area contributed by atoms with Crippen LogP contribution in [0.15, 0.2) is 6.20 Å². The second kappa shape index (κ2) is 5.65. The molecule has 1 fully saturated rings. The normalized spacial score (nSPS) is 21.1. The largest absolute Gasteiger partial charge is 0.347 e. The van der Waals surface area contributed by atoms with Gasteiger partial charge >= 0.3 is 0 Å². The molecule has 0 aliphatic carbocycles. The van der Waals surface area contributed by atoms with E-state index in [0.29, 0.717) is 12.2 Å². The SMILES string of the molecule is CC(C)c1ncc(Cl)c(C(=O)NC2CCS(=O)(=O)C2)n1.